The average molecular weight is 202 g/mol. The molecule has 0 amide bonds. The molecule has 3 atom stereocenters. The molecule has 15 heavy (non-hydrogen) atoms. The van der Waals surface area contributed by atoms with Crippen LogP contribution < -0.4 is 0 Å². The number of fused-ring (bicyclic) bond motifs is 1. The van der Waals surface area contributed by atoms with E-state index >= 15 is 0 Å². The zero-order valence-corrected chi connectivity index (χ0v) is 8.99. The van der Waals surface area contributed by atoms with Gasteiger partial charge in [0.25, 0.3) is 0 Å². The van der Waals surface area contributed by atoms with Crippen LogP contribution in [0.1, 0.15) is 13.8 Å². The summed E-state index contributed by atoms with van der Waals surface area (Å²) in [5.74, 6) is 0.274. The monoisotopic (exact) mass is 202 g/mol. The van der Waals surface area contributed by atoms with E-state index in [1.165, 1.54) is 5.57 Å². The third-order valence-corrected chi connectivity index (χ3v) is 3.84. The Bertz CT molecular complexity index is 426. The predicted octanol–water partition coefficient (Wildman–Crippen LogP) is 2.24. The minimum Gasteiger partial charge on any atom is -0.464 e. The van der Waals surface area contributed by atoms with Crippen LogP contribution in [0.5, 0.6) is 0 Å². The first-order chi connectivity index (χ1) is 7.13. The summed E-state index contributed by atoms with van der Waals surface area (Å²) in [6, 6.07) is 0. The molecule has 78 valence electrons. The van der Waals surface area contributed by atoms with E-state index < -0.39 is 0 Å². The van der Waals surface area contributed by atoms with Crippen LogP contribution in [0.2, 0.25) is 0 Å². The highest BCUT2D eigenvalue weighted by Crippen LogP contribution is 2.76. The molecule has 3 rings (SSSR count). The second-order valence-corrected chi connectivity index (χ2v) is 4.93. The average Bonchev–Trinajstić information content (AvgIpc) is 2.69. The van der Waals surface area contributed by atoms with Gasteiger partial charge < -0.3 is 4.74 Å². The molecule has 0 radical (unpaired) electrons. The smallest absolute Gasteiger partial charge is 0.317 e. The van der Waals surface area contributed by atoms with Crippen molar-refractivity contribution in [2.45, 2.75) is 13.8 Å². The first-order valence-electron chi connectivity index (χ1n) is 5.33. The van der Waals surface area contributed by atoms with Gasteiger partial charge in [-0.1, -0.05) is 36.0 Å². The summed E-state index contributed by atoms with van der Waals surface area (Å²) in [5, 5.41) is 0. The van der Waals surface area contributed by atoms with E-state index in [1.54, 1.807) is 0 Å². The van der Waals surface area contributed by atoms with Gasteiger partial charge in [0.2, 0.25) is 0 Å². The van der Waals surface area contributed by atoms with Crippen LogP contribution in [0.15, 0.2) is 36.0 Å². The molecule has 1 heterocycles. The Balaban J connectivity index is 2.14. The van der Waals surface area contributed by atoms with Gasteiger partial charge in [-0.2, -0.15) is 0 Å². The van der Waals surface area contributed by atoms with Gasteiger partial charge in [0.1, 0.15) is 12.0 Å². The van der Waals surface area contributed by atoms with E-state index in [0.29, 0.717) is 12.5 Å². The van der Waals surface area contributed by atoms with E-state index in [2.05, 4.69) is 18.2 Å². The van der Waals surface area contributed by atoms with Crippen molar-refractivity contribution in [3.8, 4) is 0 Å². The van der Waals surface area contributed by atoms with Crippen LogP contribution in [0.4, 0.5) is 0 Å². The summed E-state index contributed by atoms with van der Waals surface area (Å²) >= 11 is 0. The Morgan fingerprint density at radius 2 is 2.33 bits per heavy atom. The maximum Gasteiger partial charge on any atom is 0.317 e. The molecule has 2 nitrogen and oxygen atoms in total. The fourth-order valence-electron chi connectivity index (χ4n) is 3.20. The summed E-state index contributed by atoms with van der Waals surface area (Å²) in [6.07, 6.45) is 10.4. The lowest BCUT2D eigenvalue weighted by Gasteiger charge is -2.08. The van der Waals surface area contributed by atoms with Gasteiger partial charge in [-0.25, -0.2) is 0 Å². The molecular weight excluding hydrogens is 188 g/mol. The molecule has 0 aromatic carbocycles. The van der Waals surface area contributed by atoms with Crippen molar-refractivity contribution in [2.75, 3.05) is 6.61 Å². The second-order valence-electron chi connectivity index (χ2n) is 4.93. The molecule has 1 aliphatic heterocycles. The molecule has 0 aromatic rings. The van der Waals surface area contributed by atoms with Gasteiger partial charge >= 0.3 is 5.97 Å². The summed E-state index contributed by atoms with van der Waals surface area (Å²) in [5.41, 5.74) is 0.746. The van der Waals surface area contributed by atoms with Crippen molar-refractivity contribution >= 4 is 5.97 Å². The van der Waals surface area contributed by atoms with E-state index in [1.807, 2.05) is 26.0 Å². The number of esters is 1. The second kappa shape index (κ2) is 2.43. The molecule has 1 saturated heterocycles. The minimum absolute atomic E-state index is 0.0510. The quantitative estimate of drug-likeness (QED) is 0.481. The molecular formula is C13H14O2. The first kappa shape index (κ1) is 8.96. The van der Waals surface area contributed by atoms with Crippen molar-refractivity contribution in [3.63, 3.8) is 0 Å². The predicted molar refractivity (Wildman–Crippen MR) is 57.0 cm³/mol. The minimum atomic E-state index is -0.380. The molecule has 0 unspecified atom stereocenters. The van der Waals surface area contributed by atoms with Gasteiger partial charge in [-0.3, -0.25) is 4.79 Å². The van der Waals surface area contributed by atoms with Crippen LogP contribution in [-0.4, -0.2) is 12.6 Å². The van der Waals surface area contributed by atoms with Crippen molar-refractivity contribution < 1.29 is 9.53 Å². The Hall–Kier alpha value is -1.31. The Morgan fingerprint density at radius 3 is 3.00 bits per heavy atom. The molecule has 0 bridgehead atoms. The zero-order valence-electron chi connectivity index (χ0n) is 8.99. The lowest BCUT2D eigenvalue weighted by atomic mass is 9.93. The van der Waals surface area contributed by atoms with Crippen LogP contribution in [-0.2, 0) is 9.53 Å². The van der Waals surface area contributed by atoms with Crippen molar-refractivity contribution in [1.82, 2.24) is 0 Å². The van der Waals surface area contributed by atoms with Crippen LogP contribution in [0.25, 0.3) is 0 Å². The van der Waals surface area contributed by atoms with E-state index in [9.17, 15) is 4.79 Å². The molecule has 1 saturated carbocycles. The fraction of sp³-hybridized carbons (Fsp3) is 0.462. The fourth-order valence-corrected chi connectivity index (χ4v) is 3.20. The zero-order chi connectivity index (χ0) is 10.7. The van der Waals surface area contributed by atoms with Gasteiger partial charge in [0, 0.05) is 5.92 Å². The van der Waals surface area contributed by atoms with E-state index in [-0.39, 0.29) is 16.8 Å². The van der Waals surface area contributed by atoms with E-state index in [4.69, 9.17) is 4.74 Å². The summed E-state index contributed by atoms with van der Waals surface area (Å²) in [4.78, 5) is 11.9. The maximum atomic E-state index is 11.9. The molecule has 2 heteroatoms. The third-order valence-electron chi connectivity index (χ3n) is 3.84. The highest BCUT2D eigenvalue weighted by atomic mass is 16.5. The highest BCUT2D eigenvalue weighted by molar-refractivity contribution is 5.90. The summed E-state index contributed by atoms with van der Waals surface area (Å²) in [7, 11) is 0. The van der Waals surface area contributed by atoms with Crippen molar-refractivity contribution in [2.24, 2.45) is 16.7 Å². The number of hydrogen-bond donors (Lipinski definition) is 0. The SMILES string of the molecule is CC(C)=C[C@]12C(=O)OC[C@]13C=CC=C[C@@H]32. The first-order valence-corrected chi connectivity index (χ1v) is 5.33. The van der Waals surface area contributed by atoms with Gasteiger partial charge in [-0.05, 0) is 13.8 Å². The number of allylic oxidation sites excluding steroid dienone is 4. The molecule has 0 aromatic heterocycles. The lowest BCUT2D eigenvalue weighted by Crippen LogP contribution is -2.15. The largest absolute Gasteiger partial charge is 0.464 e. The Morgan fingerprint density at radius 1 is 1.53 bits per heavy atom. The summed E-state index contributed by atoms with van der Waals surface area (Å²) in [6.45, 7) is 4.61. The number of hydrogen-bond acceptors (Lipinski definition) is 2. The van der Waals surface area contributed by atoms with Crippen molar-refractivity contribution in [3.05, 3.63) is 36.0 Å². The van der Waals surface area contributed by atoms with Crippen LogP contribution >= 0.6 is 0 Å². The van der Waals surface area contributed by atoms with Crippen LogP contribution in [0.3, 0.4) is 0 Å². The van der Waals surface area contributed by atoms with Crippen molar-refractivity contribution in [1.29, 1.82) is 0 Å². The third kappa shape index (κ3) is 0.796. The highest BCUT2D eigenvalue weighted by Gasteiger charge is 2.82. The summed E-state index contributed by atoms with van der Waals surface area (Å²) < 4.78 is 5.21. The maximum absolute atomic E-state index is 11.9. The molecule has 2 fully saturated rings. The normalized spacial score (nSPS) is 44.4. The Labute approximate surface area is 89.3 Å². The topological polar surface area (TPSA) is 26.3 Å². The molecule has 2 aliphatic carbocycles. The number of carbonyl (C=O) groups is 1. The molecule has 3 aliphatic rings. The van der Waals surface area contributed by atoms with Gasteiger partial charge in [0.05, 0.1) is 5.41 Å². The van der Waals surface area contributed by atoms with Gasteiger partial charge in [-0.15, -0.1) is 0 Å². The van der Waals surface area contributed by atoms with E-state index in [0.717, 1.165) is 0 Å². The number of ether oxygens (including phenoxy) is 1. The molecule has 0 N–H and O–H groups in total. The molecule has 1 spiro atoms. The van der Waals surface area contributed by atoms with Gasteiger partial charge in [0.15, 0.2) is 0 Å². The Kier molecular flexibility index (Phi) is 1.45. The number of cyclic esters (lactones) is 1. The number of rotatable bonds is 1. The standard InChI is InChI=1S/C13H14O2/c1-9(2)7-13-10-5-3-4-6-12(10,13)8-15-11(13)14/h3-7,10H,8H2,1-2H3/t10-,12-,13-/m0/s1. The van der Waals surface area contributed by atoms with Crippen LogP contribution in [0, 0.1) is 16.7 Å². The number of carbonyl (C=O) groups excluding carboxylic acids is 1. The lowest BCUT2D eigenvalue weighted by molar-refractivity contribution is -0.144.